The molecular formula is C12H16N2O. The zero-order valence-corrected chi connectivity index (χ0v) is 9.40. The van der Waals surface area contributed by atoms with E-state index in [-0.39, 0.29) is 0 Å². The van der Waals surface area contributed by atoms with Gasteiger partial charge in [-0.25, -0.2) is 0 Å². The molecule has 0 fully saturated rings. The van der Waals surface area contributed by atoms with Crippen LogP contribution < -0.4 is 4.90 Å². The molecule has 0 spiro atoms. The number of nitrogens with zero attached hydrogens (tertiary/aromatic N) is 2. The number of hydrogen-bond acceptors (Lipinski definition) is 3. The van der Waals surface area contributed by atoms with Gasteiger partial charge in [-0.05, 0) is 13.0 Å². The van der Waals surface area contributed by atoms with Gasteiger partial charge in [0.1, 0.15) is 6.26 Å². The predicted molar refractivity (Wildman–Crippen MR) is 64.3 cm³/mol. The van der Waals surface area contributed by atoms with E-state index in [1.165, 1.54) is 6.26 Å². The molecule has 0 aliphatic rings. The van der Waals surface area contributed by atoms with E-state index in [0.29, 0.717) is 0 Å². The number of hydrogen-bond donors (Lipinski definition) is 0. The standard InChI is InChI=1S/C12H16N2O/c1-5-15-13-10(2)11-8-6-7-9-12(11)14(3)4/h5-9H,1H2,2-4H3/b13-10+. The van der Waals surface area contributed by atoms with E-state index in [1.54, 1.807) is 0 Å². The Morgan fingerprint density at radius 2 is 2.07 bits per heavy atom. The van der Waals surface area contributed by atoms with Crippen molar-refractivity contribution >= 4 is 11.4 Å². The number of rotatable bonds is 4. The molecule has 80 valence electrons. The molecule has 0 aromatic heterocycles. The largest absolute Gasteiger partial charge is 0.377 e. The van der Waals surface area contributed by atoms with Crippen molar-refractivity contribution in [3.8, 4) is 0 Å². The molecule has 0 unspecified atom stereocenters. The Kier molecular flexibility index (Phi) is 3.92. The molecule has 1 aromatic carbocycles. The van der Waals surface area contributed by atoms with Crippen LogP contribution in [0.5, 0.6) is 0 Å². The summed E-state index contributed by atoms with van der Waals surface area (Å²) in [7, 11) is 4.00. The number of para-hydroxylation sites is 1. The lowest BCUT2D eigenvalue weighted by molar-refractivity contribution is 0.270. The Bertz CT molecular complexity index is 370. The van der Waals surface area contributed by atoms with Gasteiger partial charge in [-0.15, -0.1) is 0 Å². The van der Waals surface area contributed by atoms with Crippen molar-refractivity contribution in [2.24, 2.45) is 5.16 Å². The van der Waals surface area contributed by atoms with Crippen LogP contribution in [-0.4, -0.2) is 19.8 Å². The second-order valence-electron chi connectivity index (χ2n) is 3.36. The predicted octanol–water partition coefficient (Wildman–Crippen LogP) is 2.64. The SMILES string of the molecule is C=CO/N=C(\C)c1ccccc1N(C)C. The maximum atomic E-state index is 4.82. The van der Waals surface area contributed by atoms with E-state index in [9.17, 15) is 0 Å². The lowest BCUT2D eigenvalue weighted by Crippen LogP contribution is -2.13. The number of anilines is 1. The maximum Gasteiger partial charge on any atom is 0.114 e. The highest BCUT2D eigenvalue weighted by molar-refractivity contribution is 6.03. The highest BCUT2D eigenvalue weighted by Crippen LogP contribution is 2.18. The monoisotopic (exact) mass is 204 g/mol. The molecule has 0 aliphatic carbocycles. The summed E-state index contributed by atoms with van der Waals surface area (Å²) in [5.74, 6) is 0. The minimum atomic E-state index is 0.833. The van der Waals surface area contributed by atoms with E-state index in [0.717, 1.165) is 17.0 Å². The molecule has 3 nitrogen and oxygen atoms in total. The minimum absolute atomic E-state index is 0.833. The third-order valence-electron chi connectivity index (χ3n) is 2.04. The number of benzene rings is 1. The van der Waals surface area contributed by atoms with E-state index < -0.39 is 0 Å². The first-order chi connectivity index (χ1) is 7.16. The van der Waals surface area contributed by atoms with Crippen LogP contribution >= 0.6 is 0 Å². The Labute approximate surface area is 90.7 Å². The summed E-state index contributed by atoms with van der Waals surface area (Å²) in [5, 5.41) is 3.93. The molecule has 0 saturated carbocycles. The number of oxime groups is 1. The molecule has 0 aliphatic heterocycles. The van der Waals surface area contributed by atoms with Gasteiger partial charge in [0.25, 0.3) is 0 Å². The Balaban J connectivity index is 3.07. The van der Waals surface area contributed by atoms with Gasteiger partial charge in [-0.3, -0.25) is 0 Å². The average Bonchev–Trinajstić information content (AvgIpc) is 2.25. The van der Waals surface area contributed by atoms with Crippen LogP contribution in [0.1, 0.15) is 12.5 Å². The van der Waals surface area contributed by atoms with E-state index in [2.05, 4.69) is 11.7 Å². The maximum absolute atomic E-state index is 4.82. The summed E-state index contributed by atoms with van der Waals surface area (Å²) in [6.07, 6.45) is 1.31. The Hall–Kier alpha value is -1.77. The first-order valence-electron chi connectivity index (χ1n) is 4.75. The lowest BCUT2D eigenvalue weighted by Gasteiger charge is -2.16. The summed E-state index contributed by atoms with van der Waals surface area (Å²) in [6, 6.07) is 8.04. The molecular weight excluding hydrogens is 188 g/mol. The summed E-state index contributed by atoms with van der Waals surface area (Å²) in [6.45, 7) is 5.35. The van der Waals surface area contributed by atoms with Gasteiger partial charge in [0.15, 0.2) is 0 Å². The molecule has 0 saturated heterocycles. The fourth-order valence-electron chi connectivity index (χ4n) is 1.34. The van der Waals surface area contributed by atoms with Crippen LogP contribution in [0.15, 0.2) is 42.3 Å². The highest BCUT2D eigenvalue weighted by atomic mass is 16.6. The van der Waals surface area contributed by atoms with Crippen molar-refractivity contribution in [2.75, 3.05) is 19.0 Å². The quantitative estimate of drug-likeness (QED) is 0.428. The van der Waals surface area contributed by atoms with Crippen LogP contribution in [0, 0.1) is 0 Å². The highest BCUT2D eigenvalue weighted by Gasteiger charge is 2.06. The third kappa shape index (κ3) is 2.84. The van der Waals surface area contributed by atoms with Crippen molar-refractivity contribution in [2.45, 2.75) is 6.92 Å². The molecule has 0 atom stereocenters. The smallest absolute Gasteiger partial charge is 0.114 e. The van der Waals surface area contributed by atoms with Crippen LogP contribution in [-0.2, 0) is 4.84 Å². The molecule has 0 heterocycles. The zero-order chi connectivity index (χ0) is 11.3. The van der Waals surface area contributed by atoms with Crippen LogP contribution in [0.25, 0.3) is 0 Å². The van der Waals surface area contributed by atoms with Gasteiger partial charge >= 0.3 is 0 Å². The summed E-state index contributed by atoms with van der Waals surface area (Å²) >= 11 is 0. The van der Waals surface area contributed by atoms with Crippen molar-refractivity contribution in [1.82, 2.24) is 0 Å². The first kappa shape index (κ1) is 11.3. The van der Waals surface area contributed by atoms with E-state index in [1.807, 2.05) is 50.2 Å². The van der Waals surface area contributed by atoms with E-state index in [4.69, 9.17) is 4.84 Å². The molecule has 0 radical (unpaired) electrons. The lowest BCUT2D eigenvalue weighted by atomic mass is 10.1. The topological polar surface area (TPSA) is 24.8 Å². The summed E-state index contributed by atoms with van der Waals surface area (Å²) in [4.78, 5) is 6.86. The fraction of sp³-hybridized carbons (Fsp3) is 0.250. The van der Waals surface area contributed by atoms with Crippen molar-refractivity contribution in [1.29, 1.82) is 0 Å². The van der Waals surface area contributed by atoms with Gasteiger partial charge in [0.05, 0.1) is 5.71 Å². The molecule has 0 bridgehead atoms. The zero-order valence-electron chi connectivity index (χ0n) is 9.40. The molecule has 0 N–H and O–H groups in total. The normalized spacial score (nSPS) is 11.0. The van der Waals surface area contributed by atoms with E-state index >= 15 is 0 Å². The Morgan fingerprint density at radius 1 is 1.40 bits per heavy atom. The summed E-state index contributed by atoms with van der Waals surface area (Å²) in [5.41, 5.74) is 3.01. The van der Waals surface area contributed by atoms with Gasteiger partial charge in [0.2, 0.25) is 0 Å². The molecule has 3 heteroatoms. The second-order valence-corrected chi connectivity index (χ2v) is 3.36. The fourth-order valence-corrected chi connectivity index (χ4v) is 1.34. The summed E-state index contributed by atoms with van der Waals surface area (Å²) < 4.78 is 0. The first-order valence-corrected chi connectivity index (χ1v) is 4.75. The van der Waals surface area contributed by atoms with Gasteiger partial charge in [0, 0.05) is 25.3 Å². The van der Waals surface area contributed by atoms with Crippen molar-refractivity contribution in [3.63, 3.8) is 0 Å². The van der Waals surface area contributed by atoms with Crippen LogP contribution in [0.3, 0.4) is 0 Å². The molecule has 0 amide bonds. The Morgan fingerprint density at radius 3 is 2.67 bits per heavy atom. The average molecular weight is 204 g/mol. The van der Waals surface area contributed by atoms with Crippen LogP contribution in [0.4, 0.5) is 5.69 Å². The third-order valence-corrected chi connectivity index (χ3v) is 2.04. The molecule has 1 rings (SSSR count). The van der Waals surface area contributed by atoms with Crippen molar-refractivity contribution < 1.29 is 4.84 Å². The molecule has 15 heavy (non-hydrogen) atoms. The van der Waals surface area contributed by atoms with Crippen LogP contribution in [0.2, 0.25) is 0 Å². The van der Waals surface area contributed by atoms with Gasteiger partial charge in [-0.1, -0.05) is 29.9 Å². The van der Waals surface area contributed by atoms with Gasteiger partial charge in [-0.2, -0.15) is 0 Å². The van der Waals surface area contributed by atoms with Gasteiger partial charge < -0.3 is 9.74 Å². The minimum Gasteiger partial charge on any atom is -0.377 e. The van der Waals surface area contributed by atoms with Crippen molar-refractivity contribution in [3.05, 3.63) is 42.7 Å². The molecule has 1 aromatic rings. The second kappa shape index (κ2) is 5.20.